The summed E-state index contributed by atoms with van der Waals surface area (Å²) >= 11 is 0. The molecule has 1 aliphatic rings. The molecule has 0 radical (unpaired) electrons. The summed E-state index contributed by atoms with van der Waals surface area (Å²) in [5.41, 5.74) is 0. The highest BCUT2D eigenvalue weighted by atomic mass is 16.2. The van der Waals surface area contributed by atoms with E-state index in [1.165, 1.54) is 0 Å². The van der Waals surface area contributed by atoms with Gasteiger partial charge in [0.25, 0.3) is 0 Å². The summed E-state index contributed by atoms with van der Waals surface area (Å²) in [5.74, 6) is -0.0417. The van der Waals surface area contributed by atoms with Crippen molar-refractivity contribution in [3.63, 3.8) is 0 Å². The molecule has 0 aromatic carbocycles. The summed E-state index contributed by atoms with van der Waals surface area (Å²) in [5, 5.41) is 5.86. The van der Waals surface area contributed by atoms with Gasteiger partial charge in [-0.15, -0.1) is 0 Å². The number of hydrogen-bond acceptors (Lipinski definition) is 3. The van der Waals surface area contributed by atoms with Crippen LogP contribution in [0.15, 0.2) is 0 Å². The fourth-order valence-electron chi connectivity index (χ4n) is 1.55. The van der Waals surface area contributed by atoms with Gasteiger partial charge < -0.3 is 15.5 Å². The number of carbonyl (C=O) groups excluding carboxylic acids is 2. The molecule has 1 aliphatic heterocycles. The molecule has 1 heterocycles. The van der Waals surface area contributed by atoms with Crippen molar-refractivity contribution in [2.45, 2.75) is 20.3 Å². The van der Waals surface area contributed by atoms with Crippen LogP contribution >= 0.6 is 0 Å². The van der Waals surface area contributed by atoms with Crippen molar-refractivity contribution in [2.75, 3.05) is 32.7 Å². The summed E-state index contributed by atoms with van der Waals surface area (Å²) < 4.78 is 0. The van der Waals surface area contributed by atoms with Crippen LogP contribution in [-0.2, 0) is 9.59 Å². The van der Waals surface area contributed by atoms with Crippen molar-refractivity contribution in [3.8, 4) is 0 Å². The third kappa shape index (κ3) is 3.81. The zero-order valence-corrected chi connectivity index (χ0v) is 10.1. The summed E-state index contributed by atoms with van der Waals surface area (Å²) in [7, 11) is 0. The van der Waals surface area contributed by atoms with Crippen molar-refractivity contribution in [3.05, 3.63) is 0 Å². The van der Waals surface area contributed by atoms with Crippen LogP contribution in [0.5, 0.6) is 0 Å². The molecule has 0 aromatic rings. The first-order valence-electron chi connectivity index (χ1n) is 5.91. The average molecular weight is 227 g/mol. The Hall–Kier alpha value is -1.10. The van der Waals surface area contributed by atoms with E-state index < -0.39 is 0 Å². The first-order chi connectivity index (χ1) is 7.65. The van der Waals surface area contributed by atoms with Gasteiger partial charge in [-0.2, -0.15) is 0 Å². The Morgan fingerprint density at radius 3 is 2.56 bits per heavy atom. The van der Waals surface area contributed by atoms with Gasteiger partial charge in [-0.1, -0.05) is 13.8 Å². The van der Waals surface area contributed by atoms with Crippen molar-refractivity contribution >= 4 is 11.8 Å². The molecule has 2 amide bonds. The van der Waals surface area contributed by atoms with Gasteiger partial charge >= 0.3 is 0 Å². The molecule has 1 atom stereocenters. The van der Waals surface area contributed by atoms with Gasteiger partial charge in [-0.3, -0.25) is 9.59 Å². The number of nitrogens with one attached hydrogen (secondary N) is 2. The Balaban J connectivity index is 2.26. The molecular weight excluding hydrogens is 206 g/mol. The first-order valence-corrected chi connectivity index (χ1v) is 5.91. The predicted octanol–water partition coefficient (Wildman–Crippen LogP) is -0.419. The monoisotopic (exact) mass is 227 g/mol. The summed E-state index contributed by atoms with van der Waals surface area (Å²) in [6.45, 7) is 7.10. The molecule has 0 spiro atoms. The summed E-state index contributed by atoms with van der Waals surface area (Å²) in [6.07, 6.45) is 0.799. The highest BCUT2D eigenvalue weighted by Gasteiger charge is 2.17. The SMILES string of the molecule is CCC(C)C(=O)NCC(=O)N1CCNCC1. The van der Waals surface area contributed by atoms with E-state index in [1.807, 2.05) is 13.8 Å². The lowest BCUT2D eigenvalue weighted by Crippen LogP contribution is -2.49. The van der Waals surface area contributed by atoms with Crippen LogP contribution in [0.25, 0.3) is 0 Å². The van der Waals surface area contributed by atoms with Crippen LogP contribution in [0.2, 0.25) is 0 Å². The Morgan fingerprint density at radius 1 is 1.38 bits per heavy atom. The molecule has 1 rings (SSSR count). The lowest BCUT2D eigenvalue weighted by Gasteiger charge is -2.27. The van der Waals surface area contributed by atoms with Crippen LogP contribution in [0.3, 0.4) is 0 Å². The fraction of sp³-hybridized carbons (Fsp3) is 0.818. The topological polar surface area (TPSA) is 61.4 Å². The Kier molecular flexibility index (Phi) is 5.25. The molecule has 5 heteroatoms. The molecule has 1 fully saturated rings. The minimum Gasteiger partial charge on any atom is -0.347 e. The number of rotatable bonds is 4. The van der Waals surface area contributed by atoms with Gasteiger partial charge in [0.15, 0.2) is 0 Å². The molecule has 1 unspecified atom stereocenters. The smallest absolute Gasteiger partial charge is 0.242 e. The number of hydrogen-bond donors (Lipinski definition) is 2. The lowest BCUT2D eigenvalue weighted by atomic mass is 10.1. The Bertz CT molecular complexity index is 250. The van der Waals surface area contributed by atoms with Crippen molar-refractivity contribution in [1.29, 1.82) is 0 Å². The van der Waals surface area contributed by atoms with Gasteiger partial charge in [0.2, 0.25) is 11.8 Å². The zero-order chi connectivity index (χ0) is 12.0. The maximum Gasteiger partial charge on any atom is 0.242 e. The molecule has 5 nitrogen and oxygen atoms in total. The maximum atomic E-state index is 11.7. The average Bonchev–Trinajstić information content (AvgIpc) is 2.35. The molecule has 1 saturated heterocycles. The van der Waals surface area contributed by atoms with Gasteiger partial charge in [0, 0.05) is 32.1 Å². The molecule has 0 bridgehead atoms. The zero-order valence-electron chi connectivity index (χ0n) is 10.1. The normalized spacial score (nSPS) is 18.0. The van der Waals surface area contributed by atoms with E-state index in [0.717, 1.165) is 32.6 Å². The van der Waals surface area contributed by atoms with E-state index in [9.17, 15) is 9.59 Å². The van der Waals surface area contributed by atoms with Gasteiger partial charge in [-0.25, -0.2) is 0 Å². The second-order valence-electron chi connectivity index (χ2n) is 4.16. The minimum absolute atomic E-state index is 0.0122. The number of nitrogens with zero attached hydrogens (tertiary/aromatic N) is 1. The molecule has 2 N–H and O–H groups in total. The molecule has 16 heavy (non-hydrogen) atoms. The van der Waals surface area contributed by atoms with E-state index >= 15 is 0 Å². The van der Waals surface area contributed by atoms with Crippen molar-refractivity contribution in [1.82, 2.24) is 15.5 Å². The van der Waals surface area contributed by atoms with Gasteiger partial charge in [0.1, 0.15) is 0 Å². The summed E-state index contributed by atoms with van der Waals surface area (Å²) in [4.78, 5) is 24.9. The first kappa shape index (κ1) is 13.0. The number of piperazine rings is 1. The molecule has 0 aliphatic carbocycles. The van der Waals surface area contributed by atoms with Crippen LogP contribution in [0.1, 0.15) is 20.3 Å². The van der Waals surface area contributed by atoms with Crippen LogP contribution < -0.4 is 10.6 Å². The number of amides is 2. The van der Waals surface area contributed by atoms with Crippen molar-refractivity contribution in [2.24, 2.45) is 5.92 Å². The molecule has 0 aromatic heterocycles. The quantitative estimate of drug-likeness (QED) is 0.686. The predicted molar refractivity (Wildman–Crippen MR) is 61.9 cm³/mol. The lowest BCUT2D eigenvalue weighted by molar-refractivity contribution is -0.134. The molecule has 0 saturated carbocycles. The van der Waals surface area contributed by atoms with Crippen molar-refractivity contribution < 1.29 is 9.59 Å². The fourth-order valence-corrected chi connectivity index (χ4v) is 1.55. The highest BCUT2D eigenvalue weighted by Crippen LogP contribution is 1.99. The van der Waals surface area contributed by atoms with Gasteiger partial charge in [-0.05, 0) is 6.42 Å². The Morgan fingerprint density at radius 2 is 2.00 bits per heavy atom. The third-order valence-electron chi connectivity index (χ3n) is 2.94. The Labute approximate surface area is 96.6 Å². The molecule has 92 valence electrons. The van der Waals surface area contributed by atoms with E-state index in [-0.39, 0.29) is 24.3 Å². The second-order valence-corrected chi connectivity index (χ2v) is 4.16. The standard InChI is InChI=1S/C11H21N3O2/c1-3-9(2)11(16)13-8-10(15)14-6-4-12-5-7-14/h9,12H,3-8H2,1-2H3,(H,13,16). The van der Waals surface area contributed by atoms with E-state index in [1.54, 1.807) is 4.90 Å². The summed E-state index contributed by atoms with van der Waals surface area (Å²) in [6, 6.07) is 0. The maximum absolute atomic E-state index is 11.7. The highest BCUT2D eigenvalue weighted by molar-refractivity contribution is 5.85. The third-order valence-corrected chi connectivity index (χ3v) is 2.94. The van der Waals surface area contributed by atoms with E-state index in [2.05, 4.69) is 10.6 Å². The van der Waals surface area contributed by atoms with Crippen LogP contribution in [0.4, 0.5) is 0 Å². The molecular formula is C11H21N3O2. The van der Waals surface area contributed by atoms with E-state index in [4.69, 9.17) is 0 Å². The second kappa shape index (κ2) is 6.48. The van der Waals surface area contributed by atoms with E-state index in [0.29, 0.717) is 0 Å². The van der Waals surface area contributed by atoms with Gasteiger partial charge in [0.05, 0.1) is 6.54 Å². The van der Waals surface area contributed by atoms with Crippen LogP contribution in [0, 0.1) is 5.92 Å². The number of carbonyl (C=O) groups is 2. The largest absolute Gasteiger partial charge is 0.347 e. The van der Waals surface area contributed by atoms with Crippen LogP contribution in [-0.4, -0.2) is 49.4 Å². The minimum atomic E-state index is -0.0361.